The molecule has 7 nitrogen and oxygen atoms in total. The van der Waals surface area contributed by atoms with Gasteiger partial charge in [-0.2, -0.15) is 4.39 Å². The first-order chi connectivity index (χ1) is 17.3. The number of piperidine rings is 1. The molecule has 5 heterocycles. The molecule has 1 N–H and O–H groups in total. The standard InChI is InChI=1S/C27H40FN5O2S/c1-4-5-27(35)31-12-11-24-23(16-31)29-17(2)33(24)21-14-19-6-7-20(15-21)32(19)13-10-22(30-18(3)34)25-8-9-26(28)36-25/h9,19-22,25H,4-8,10-16H2,1-3H3,(H,30,34)/t19?,20?,21?,22-,25?/m0/s1. The van der Waals surface area contributed by atoms with E-state index in [-0.39, 0.29) is 28.3 Å². The summed E-state index contributed by atoms with van der Waals surface area (Å²) in [6, 6.07) is 1.54. The van der Waals surface area contributed by atoms with Crippen molar-refractivity contribution in [3.05, 3.63) is 28.4 Å². The maximum Gasteiger partial charge on any atom is 0.222 e. The third-order valence-corrected chi connectivity index (χ3v) is 9.80. The molecule has 1 aromatic rings. The molecule has 4 atom stereocenters. The molecule has 2 amide bonds. The van der Waals surface area contributed by atoms with E-state index in [2.05, 4.69) is 28.6 Å². The van der Waals surface area contributed by atoms with Crippen molar-refractivity contribution < 1.29 is 14.0 Å². The second-order valence-electron chi connectivity index (χ2n) is 11.0. The summed E-state index contributed by atoms with van der Waals surface area (Å²) in [6.07, 6.45) is 10.3. The Morgan fingerprint density at radius 1 is 1.25 bits per heavy atom. The molecule has 1 aromatic heterocycles. The van der Waals surface area contributed by atoms with Crippen LogP contribution in [-0.2, 0) is 22.6 Å². The van der Waals surface area contributed by atoms with Crippen LogP contribution in [0.15, 0.2) is 11.2 Å². The lowest BCUT2D eigenvalue weighted by molar-refractivity contribution is -0.132. The minimum Gasteiger partial charge on any atom is -0.352 e. The number of carbonyl (C=O) groups excluding carboxylic acids is 2. The van der Waals surface area contributed by atoms with Crippen LogP contribution >= 0.6 is 11.8 Å². The second kappa shape index (κ2) is 10.9. The largest absolute Gasteiger partial charge is 0.352 e. The normalized spacial score (nSPS) is 28.7. The van der Waals surface area contributed by atoms with Crippen molar-refractivity contribution in [1.29, 1.82) is 0 Å². The van der Waals surface area contributed by atoms with Crippen molar-refractivity contribution in [3.63, 3.8) is 0 Å². The molecule has 0 aromatic carbocycles. The quantitative estimate of drug-likeness (QED) is 0.558. The minimum atomic E-state index is -0.117. The number of hydrogen-bond acceptors (Lipinski definition) is 5. The van der Waals surface area contributed by atoms with E-state index in [0.717, 1.165) is 56.7 Å². The highest BCUT2D eigenvalue weighted by molar-refractivity contribution is 8.03. The number of amides is 2. The number of fused-ring (bicyclic) bond motifs is 3. The van der Waals surface area contributed by atoms with Gasteiger partial charge in [0.25, 0.3) is 0 Å². The zero-order chi connectivity index (χ0) is 25.4. The van der Waals surface area contributed by atoms with E-state index in [1.165, 1.54) is 30.3 Å². The third-order valence-electron chi connectivity index (χ3n) is 8.58. The van der Waals surface area contributed by atoms with Gasteiger partial charge < -0.3 is 14.8 Å². The molecule has 4 aliphatic rings. The summed E-state index contributed by atoms with van der Waals surface area (Å²) in [5.74, 6) is 1.29. The summed E-state index contributed by atoms with van der Waals surface area (Å²) in [5.41, 5.74) is 2.43. The number of aryl methyl sites for hydroxylation is 1. The number of halogens is 1. The molecule has 36 heavy (non-hydrogen) atoms. The fourth-order valence-corrected chi connectivity index (χ4v) is 8.07. The Balaban J connectivity index is 1.23. The Bertz CT molecular complexity index is 1010. The first-order valence-electron chi connectivity index (χ1n) is 13.7. The number of hydrogen-bond donors (Lipinski definition) is 1. The van der Waals surface area contributed by atoms with E-state index < -0.39 is 0 Å². The number of aromatic nitrogens is 2. The van der Waals surface area contributed by atoms with Gasteiger partial charge in [0, 0.05) is 68.0 Å². The lowest BCUT2D eigenvalue weighted by atomic mass is 9.95. The van der Waals surface area contributed by atoms with E-state index in [4.69, 9.17) is 4.98 Å². The fraction of sp³-hybridized carbons (Fsp3) is 0.741. The predicted octanol–water partition coefficient (Wildman–Crippen LogP) is 4.26. The van der Waals surface area contributed by atoms with Gasteiger partial charge in [-0.3, -0.25) is 14.5 Å². The van der Waals surface area contributed by atoms with Gasteiger partial charge in [-0.05, 0) is 57.9 Å². The lowest BCUT2D eigenvalue weighted by Gasteiger charge is -2.41. The average Bonchev–Trinajstić information content (AvgIpc) is 3.48. The van der Waals surface area contributed by atoms with Crippen LogP contribution < -0.4 is 5.32 Å². The number of thioether (sulfide) groups is 1. The zero-order valence-electron chi connectivity index (χ0n) is 21.8. The highest BCUT2D eigenvalue weighted by atomic mass is 32.2. The predicted molar refractivity (Wildman–Crippen MR) is 140 cm³/mol. The minimum absolute atomic E-state index is 0.00426. The van der Waals surface area contributed by atoms with Crippen LogP contribution in [0.4, 0.5) is 4.39 Å². The Morgan fingerprint density at radius 2 is 2.00 bits per heavy atom. The van der Waals surface area contributed by atoms with Gasteiger partial charge in [-0.25, -0.2) is 4.98 Å². The molecule has 0 radical (unpaired) electrons. The van der Waals surface area contributed by atoms with Crippen molar-refractivity contribution in [2.45, 2.75) is 115 Å². The smallest absolute Gasteiger partial charge is 0.222 e. The van der Waals surface area contributed by atoms with Crippen molar-refractivity contribution in [2.75, 3.05) is 13.1 Å². The van der Waals surface area contributed by atoms with Gasteiger partial charge in [0.1, 0.15) is 5.82 Å². The van der Waals surface area contributed by atoms with Crippen LogP contribution in [0.2, 0.25) is 0 Å². The highest BCUT2D eigenvalue weighted by Gasteiger charge is 2.43. The Labute approximate surface area is 218 Å². The maximum absolute atomic E-state index is 13.7. The molecule has 2 fully saturated rings. The second-order valence-corrected chi connectivity index (χ2v) is 12.2. The fourth-order valence-electron chi connectivity index (χ4n) is 7.03. The topological polar surface area (TPSA) is 70.5 Å². The van der Waals surface area contributed by atoms with E-state index in [9.17, 15) is 14.0 Å². The Morgan fingerprint density at radius 3 is 2.64 bits per heavy atom. The van der Waals surface area contributed by atoms with Gasteiger partial charge in [0.2, 0.25) is 11.8 Å². The van der Waals surface area contributed by atoms with E-state index in [1.807, 2.05) is 4.90 Å². The molecule has 9 heteroatoms. The number of rotatable bonds is 8. The van der Waals surface area contributed by atoms with Gasteiger partial charge >= 0.3 is 0 Å². The van der Waals surface area contributed by atoms with Gasteiger partial charge in [0.15, 0.2) is 5.16 Å². The lowest BCUT2D eigenvalue weighted by Crippen LogP contribution is -2.48. The summed E-state index contributed by atoms with van der Waals surface area (Å²) >= 11 is 1.26. The van der Waals surface area contributed by atoms with Crippen molar-refractivity contribution >= 4 is 23.6 Å². The number of nitrogens with zero attached hydrogens (tertiary/aromatic N) is 4. The Hall–Kier alpha value is -1.87. The van der Waals surface area contributed by atoms with Crippen LogP contribution in [0.25, 0.3) is 0 Å². The molecule has 5 rings (SSSR count). The van der Waals surface area contributed by atoms with Gasteiger partial charge in [-0.1, -0.05) is 18.7 Å². The summed E-state index contributed by atoms with van der Waals surface area (Å²) in [4.78, 5) is 33.8. The van der Waals surface area contributed by atoms with Crippen LogP contribution in [0, 0.1) is 6.92 Å². The first-order valence-corrected chi connectivity index (χ1v) is 14.6. The van der Waals surface area contributed by atoms with Gasteiger partial charge in [0.05, 0.1) is 12.2 Å². The Kier molecular flexibility index (Phi) is 7.77. The van der Waals surface area contributed by atoms with Crippen molar-refractivity contribution in [3.8, 4) is 0 Å². The summed E-state index contributed by atoms with van der Waals surface area (Å²) in [5, 5.41) is 3.07. The summed E-state index contributed by atoms with van der Waals surface area (Å²) in [6.45, 7) is 8.11. The van der Waals surface area contributed by atoms with Gasteiger partial charge in [-0.15, -0.1) is 0 Å². The summed E-state index contributed by atoms with van der Waals surface area (Å²) < 4.78 is 16.2. The SMILES string of the molecule is CCCC(=O)N1CCc2c(nc(C)n2C2CC3CCC(C2)N3CC[C@H](NC(C)=O)C2CC=C(F)S2)C1. The molecule has 2 bridgehead atoms. The highest BCUT2D eigenvalue weighted by Crippen LogP contribution is 2.43. The molecule has 0 aliphatic carbocycles. The molecule has 0 saturated carbocycles. The van der Waals surface area contributed by atoms with Crippen LogP contribution in [0.1, 0.15) is 88.5 Å². The van der Waals surface area contributed by atoms with Crippen LogP contribution in [0.5, 0.6) is 0 Å². The molecule has 0 spiro atoms. The summed E-state index contributed by atoms with van der Waals surface area (Å²) in [7, 11) is 0. The number of allylic oxidation sites excluding steroid dienone is 1. The van der Waals surface area contributed by atoms with E-state index in [0.29, 0.717) is 37.5 Å². The number of imidazole rings is 1. The molecular formula is C27H40FN5O2S. The van der Waals surface area contributed by atoms with Crippen molar-refractivity contribution in [2.24, 2.45) is 0 Å². The van der Waals surface area contributed by atoms with E-state index in [1.54, 1.807) is 13.0 Å². The monoisotopic (exact) mass is 517 g/mol. The number of carbonyl (C=O) groups is 2. The van der Waals surface area contributed by atoms with Crippen LogP contribution in [-0.4, -0.2) is 67.6 Å². The average molecular weight is 518 g/mol. The van der Waals surface area contributed by atoms with Crippen molar-refractivity contribution in [1.82, 2.24) is 24.7 Å². The molecule has 4 aliphatic heterocycles. The van der Waals surface area contributed by atoms with Crippen LogP contribution in [0.3, 0.4) is 0 Å². The number of nitrogens with one attached hydrogen (secondary N) is 1. The van der Waals surface area contributed by atoms with E-state index >= 15 is 0 Å². The molecule has 3 unspecified atom stereocenters. The first kappa shape index (κ1) is 25.8. The maximum atomic E-state index is 13.7. The zero-order valence-corrected chi connectivity index (χ0v) is 22.7. The molecule has 2 saturated heterocycles. The molecular weight excluding hydrogens is 477 g/mol. The third kappa shape index (κ3) is 5.23. The molecule has 198 valence electrons.